The minimum atomic E-state index is -1.05. The first-order chi connectivity index (χ1) is 15.8. The number of alkyl carbamates (subject to hydrolysis) is 1. The van der Waals surface area contributed by atoms with Gasteiger partial charge in [0.05, 0.1) is 12.5 Å². The molecule has 2 aromatic carbocycles. The molecule has 0 saturated heterocycles. The third-order valence-electron chi connectivity index (χ3n) is 5.73. The number of carboxylic acid groups (broad SMARTS) is 1. The maximum atomic E-state index is 12.2. The molecule has 8 nitrogen and oxygen atoms in total. The van der Waals surface area contributed by atoms with Gasteiger partial charge in [-0.05, 0) is 34.6 Å². The number of carboxylic acids is 1. The van der Waals surface area contributed by atoms with Crippen molar-refractivity contribution in [2.45, 2.75) is 38.2 Å². The fraction of sp³-hybridized carbons (Fsp3) is 0.400. The van der Waals surface area contributed by atoms with Gasteiger partial charge in [-0.25, -0.2) is 4.79 Å². The average molecular weight is 455 g/mol. The summed E-state index contributed by atoms with van der Waals surface area (Å²) in [6.45, 7) is 2.19. The molecule has 2 amide bonds. The van der Waals surface area contributed by atoms with Crippen LogP contribution in [-0.2, 0) is 14.3 Å². The molecule has 0 spiro atoms. The van der Waals surface area contributed by atoms with E-state index in [1.54, 1.807) is 6.92 Å². The van der Waals surface area contributed by atoms with Crippen molar-refractivity contribution in [2.24, 2.45) is 5.92 Å². The summed E-state index contributed by atoms with van der Waals surface area (Å²) in [4.78, 5) is 34.7. The first kappa shape index (κ1) is 24.3. The van der Waals surface area contributed by atoms with Crippen LogP contribution in [0.1, 0.15) is 43.2 Å². The molecule has 2 aromatic rings. The van der Waals surface area contributed by atoms with E-state index in [1.165, 1.54) is 0 Å². The van der Waals surface area contributed by atoms with Crippen LogP contribution in [0.15, 0.2) is 48.5 Å². The lowest BCUT2D eigenvalue weighted by molar-refractivity contribution is -0.138. The van der Waals surface area contributed by atoms with Crippen LogP contribution in [0.25, 0.3) is 11.1 Å². The van der Waals surface area contributed by atoms with Gasteiger partial charge < -0.3 is 25.6 Å². The van der Waals surface area contributed by atoms with E-state index in [0.717, 1.165) is 22.3 Å². The van der Waals surface area contributed by atoms with E-state index in [1.807, 2.05) is 36.4 Å². The highest BCUT2D eigenvalue weighted by Crippen LogP contribution is 2.44. The molecule has 33 heavy (non-hydrogen) atoms. The van der Waals surface area contributed by atoms with Crippen LogP contribution in [0.2, 0.25) is 0 Å². The third kappa shape index (κ3) is 6.79. The van der Waals surface area contributed by atoms with Crippen molar-refractivity contribution in [1.29, 1.82) is 0 Å². The smallest absolute Gasteiger partial charge is 0.407 e. The van der Waals surface area contributed by atoms with Gasteiger partial charge >= 0.3 is 12.1 Å². The van der Waals surface area contributed by atoms with Crippen molar-refractivity contribution in [2.75, 3.05) is 19.7 Å². The molecule has 8 heteroatoms. The van der Waals surface area contributed by atoms with Gasteiger partial charge in [0.25, 0.3) is 0 Å². The third-order valence-corrected chi connectivity index (χ3v) is 5.73. The Balaban J connectivity index is 1.38. The molecule has 176 valence electrons. The number of ether oxygens (including phenoxy) is 1. The number of rotatable bonds is 11. The topological polar surface area (TPSA) is 125 Å². The molecule has 2 atom stereocenters. The number of carbonyl (C=O) groups is 3. The van der Waals surface area contributed by atoms with Crippen molar-refractivity contribution < 1.29 is 29.3 Å². The van der Waals surface area contributed by atoms with E-state index in [9.17, 15) is 19.5 Å². The van der Waals surface area contributed by atoms with Crippen LogP contribution in [0.3, 0.4) is 0 Å². The fourth-order valence-electron chi connectivity index (χ4n) is 4.07. The number of hydrogen-bond donors (Lipinski definition) is 4. The van der Waals surface area contributed by atoms with Crippen LogP contribution >= 0.6 is 0 Å². The second-order valence-electron chi connectivity index (χ2n) is 8.41. The Hall–Kier alpha value is -3.39. The molecule has 1 aliphatic rings. The normalized spacial score (nSPS) is 14.0. The van der Waals surface area contributed by atoms with E-state index in [0.29, 0.717) is 13.0 Å². The van der Waals surface area contributed by atoms with Crippen molar-refractivity contribution in [1.82, 2.24) is 10.6 Å². The Morgan fingerprint density at radius 3 is 2.18 bits per heavy atom. The Morgan fingerprint density at radius 1 is 0.970 bits per heavy atom. The van der Waals surface area contributed by atoms with Gasteiger partial charge in [-0.15, -0.1) is 0 Å². The summed E-state index contributed by atoms with van der Waals surface area (Å²) in [5.41, 5.74) is 4.50. The molecule has 4 N–H and O–H groups in total. The van der Waals surface area contributed by atoms with Gasteiger partial charge in [0.15, 0.2) is 0 Å². The highest BCUT2D eigenvalue weighted by molar-refractivity contribution is 5.79. The number of aliphatic hydroxyl groups excluding tert-OH is 1. The standard InChI is InChI=1S/C25H30N2O6/c1-16(12-24(30)31)10-11-26-23(29)13-17(28)14-27-25(32)33-15-22-20-8-4-2-6-18(20)19-7-3-5-9-21(19)22/h2-9,16-17,22,28H,10-15H2,1H3,(H,26,29)(H,27,32)(H,30,31). The molecule has 0 saturated carbocycles. The van der Waals surface area contributed by atoms with E-state index >= 15 is 0 Å². The summed E-state index contributed by atoms with van der Waals surface area (Å²) in [7, 11) is 0. The molecule has 2 unspecified atom stereocenters. The van der Waals surface area contributed by atoms with E-state index in [-0.39, 0.29) is 43.7 Å². The van der Waals surface area contributed by atoms with Crippen LogP contribution in [0, 0.1) is 5.92 Å². The molecule has 3 rings (SSSR count). The molecule has 0 aliphatic heterocycles. The molecule has 0 aromatic heterocycles. The summed E-state index contributed by atoms with van der Waals surface area (Å²) in [5, 5.41) is 23.9. The van der Waals surface area contributed by atoms with Crippen molar-refractivity contribution in [3.8, 4) is 11.1 Å². The lowest BCUT2D eigenvalue weighted by atomic mass is 9.98. The molecule has 0 bridgehead atoms. The zero-order valence-electron chi connectivity index (χ0n) is 18.6. The second kappa shape index (κ2) is 11.5. The lowest BCUT2D eigenvalue weighted by Gasteiger charge is -2.16. The van der Waals surface area contributed by atoms with Gasteiger partial charge in [-0.2, -0.15) is 0 Å². The first-order valence-electron chi connectivity index (χ1n) is 11.1. The summed E-state index contributed by atoms with van der Waals surface area (Å²) in [5.74, 6) is -1.34. The van der Waals surface area contributed by atoms with Gasteiger partial charge in [-0.3, -0.25) is 9.59 Å². The summed E-state index contributed by atoms with van der Waals surface area (Å²) in [6.07, 6.45) is -1.30. The Kier molecular flexibility index (Phi) is 8.43. The monoisotopic (exact) mass is 454 g/mol. The van der Waals surface area contributed by atoms with Gasteiger partial charge in [0.1, 0.15) is 6.61 Å². The Bertz CT molecular complexity index is 947. The van der Waals surface area contributed by atoms with E-state index in [2.05, 4.69) is 22.8 Å². The van der Waals surface area contributed by atoms with Crippen LogP contribution < -0.4 is 10.6 Å². The number of benzene rings is 2. The SMILES string of the molecule is CC(CCNC(=O)CC(O)CNC(=O)OCC1c2ccccc2-c2ccccc21)CC(=O)O. The number of hydrogen-bond acceptors (Lipinski definition) is 5. The molecule has 1 aliphatic carbocycles. The summed E-state index contributed by atoms with van der Waals surface area (Å²) >= 11 is 0. The number of aliphatic carboxylic acids is 1. The molecule has 0 heterocycles. The minimum Gasteiger partial charge on any atom is -0.481 e. The zero-order chi connectivity index (χ0) is 23.8. The highest BCUT2D eigenvalue weighted by atomic mass is 16.5. The number of aliphatic hydroxyl groups is 1. The van der Waals surface area contributed by atoms with Crippen molar-refractivity contribution in [3.63, 3.8) is 0 Å². The lowest BCUT2D eigenvalue weighted by Crippen LogP contribution is -2.37. The number of carbonyl (C=O) groups excluding carboxylic acids is 2. The number of nitrogens with one attached hydrogen (secondary N) is 2. The van der Waals surface area contributed by atoms with Crippen LogP contribution in [0.4, 0.5) is 4.79 Å². The molecule has 0 fully saturated rings. The largest absolute Gasteiger partial charge is 0.481 e. The summed E-state index contributed by atoms with van der Waals surface area (Å²) in [6, 6.07) is 16.1. The average Bonchev–Trinajstić information content (AvgIpc) is 3.09. The predicted octanol–water partition coefficient (Wildman–Crippen LogP) is 2.89. The van der Waals surface area contributed by atoms with Gasteiger partial charge in [0, 0.05) is 25.4 Å². The van der Waals surface area contributed by atoms with Crippen molar-refractivity contribution >= 4 is 18.0 Å². The minimum absolute atomic E-state index is 0.0442. The van der Waals surface area contributed by atoms with Crippen LogP contribution in [0.5, 0.6) is 0 Å². The van der Waals surface area contributed by atoms with Crippen LogP contribution in [-0.4, -0.2) is 54.0 Å². The number of amides is 2. The zero-order valence-corrected chi connectivity index (χ0v) is 18.6. The molecular formula is C25H30N2O6. The number of fused-ring (bicyclic) bond motifs is 3. The van der Waals surface area contributed by atoms with Gasteiger partial charge in [0.2, 0.25) is 5.91 Å². The Morgan fingerprint density at radius 2 is 1.58 bits per heavy atom. The molecular weight excluding hydrogens is 424 g/mol. The first-order valence-corrected chi connectivity index (χ1v) is 11.1. The highest BCUT2D eigenvalue weighted by Gasteiger charge is 2.29. The quantitative estimate of drug-likeness (QED) is 0.414. The van der Waals surface area contributed by atoms with E-state index in [4.69, 9.17) is 9.84 Å². The maximum absolute atomic E-state index is 12.2. The fourth-order valence-corrected chi connectivity index (χ4v) is 4.07. The predicted molar refractivity (Wildman–Crippen MR) is 123 cm³/mol. The summed E-state index contributed by atoms with van der Waals surface area (Å²) < 4.78 is 5.41. The maximum Gasteiger partial charge on any atom is 0.407 e. The molecule has 0 radical (unpaired) electrons. The van der Waals surface area contributed by atoms with Crippen molar-refractivity contribution in [3.05, 3.63) is 59.7 Å². The second-order valence-corrected chi connectivity index (χ2v) is 8.41. The van der Waals surface area contributed by atoms with Gasteiger partial charge in [-0.1, -0.05) is 55.5 Å². The Labute approximate surface area is 193 Å². The van der Waals surface area contributed by atoms with E-state index < -0.39 is 18.2 Å².